The van der Waals surface area contributed by atoms with E-state index < -0.39 is 10.8 Å². The first-order valence-corrected chi connectivity index (χ1v) is 6.86. The van der Waals surface area contributed by atoms with Crippen molar-refractivity contribution in [3.63, 3.8) is 0 Å². The van der Waals surface area contributed by atoms with Gasteiger partial charge in [0.25, 0.3) is 0 Å². The summed E-state index contributed by atoms with van der Waals surface area (Å²) in [4.78, 5) is 10.3. The largest absolute Gasteiger partial charge is 0.370 e. The Hall–Kier alpha value is -1.17. The molecule has 0 amide bonds. The number of anilines is 2. The summed E-state index contributed by atoms with van der Waals surface area (Å²) in [5.41, 5.74) is 0. The van der Waals surface area contributed by atoms with Gasteiger partial charge in [-0.25, -0.2) is 4.98 Å². The molecule has 1 heterocycles. The minimum atomic E-state index is -0.716. The Balaban J connectivity index is 2.42. The lowest BCUT2D eigenvalue weighted by molar-refractivity contribution is 0.685. The molecule has 0 aliphatic heterocycles. The van der Waals surface area contributed by atoms with Crippen molar-refractivity contribution in [1.29, 1.82) is 0 Å². The van der Waals surface area contributed by atoms with E-state index in [1.54, 1.807) is 12.5 Å². The van der Waals surface area contributed by atoms with Gasteiger partial charge in [-0.1, -0.05) is 0 Å². The van der Waals surface area contributed by atoms with Gasteiger partial charge in [0.2, 0.25) is 5.95 Å². The van der Waals surface area contributed by atoms with Gasteiger partial charge < -0.3 is 10.2 Å². The van der Waals surface area contributed by atoms with Gasteiger partial charge in [0.15, 0.2) is 0 Å². The molecule has 90 valence electrons. The van der Waals surface area contributed by atoms with E-state index in [4.69, 9.17) is 0 Å². The van der Waals surface area contributed by atoms with Crippen molar-refractivity contribution in [2.24, 2.45) is 0 Å². The number of rotatable bonds is 6. The van der Waals surface area contributed by atoms with Gasteiger partial charge in [0, 0.05) is 49.6 Å². The second-order valence-electron chi connectivity index (χ2n) is 3.69. The predicted octanol–water partition coefficient (Wildman–Crippen LogP) is 0.723. The molecule has 1 atom stereocenters. The fourth-order valence-corrected chi connectivity index (χ4v) is 1.71. The monoisotopic (exact) mass is 242 g/mol. The lowest BCUT2D eigenvalue weighted by atomic mass is 10.4. The SMILES string of the molecule is CN(C)c1nccc(NCCCS(C)=O)n1. The lowest BCUT2D eigenvalue weighted by Crippen LogP contribution is -2.14. The van der Waals surface area contributed by atoms with Crippen LogP contribution < -0.4 is 10.2 Å². The van der Waals surface area contributed by atoms with Crippen LogP contribution in [-0.4, -0.2) is 46.8 Å². The third kappa shape index (κ3) is 4.57. The topological polar surface area (TPSA) is 58.1 Å². The van der Waals surface area contributed by atoms with E-state index in [9.17, 15) is 4.21 Å². The smallest absolute Gasteiger partial charge is 0.226 e. The Labute approximate surface area is 98.7 Å². The van der Waals surface area contributed by atoms with Crippen molar-refractivity contribution in [1.82, 2.24) is 9.97 Å². The first kappa shape index (κ1) is 12.9. The van der Waals surface area contributed by atoms with Crippen molar-refractivity contribution in [2.45, 2.75) is 6.42 Å². The standard InChI is InChI=1S/C10H18N4OS/c1-14(2)10-12-7-5-9(13-10)11-6-4-8-16(3)15/h5,7H,4,6,8H2,1-3H3,(H,11,12,13). The van der Waals surface area contributed by atoms with Gasteiger partial charge in [0.1, 0.15) is 5.82 Å². The van der Waals surface area contributed by atoms with E-state index in [0.29, 0.717) is 5.95 Å². The molecule has 1 aromatic rings. The summed E-state index contributed by atoms with van der Waals surface area (Å²) in [6, 6.07) is 1.83. The van der Waals surface area contributed by atoms with E-state index in [-0.39, 0.29) is 0 Å². The van der Waals surface area contributed by atoms with Crippen LogP contribution in [0.15, 0.2) is 12.3 Å². The molecule has 0 bridgehead atoms. The number of nitrogens with zero attached hydrogens (tertiary/aromatic N) is 3. The molecule has 1 rings (SSSR count). The maximum absolute atomic E-state index is 10.8. The van der Waals surface area contributed by atoms with Crippen molar-refractivity contribution >= 4 is 22.6 Å². The zero-order valence-corrected chi connectivity index (χ0v) is 10.8. The minimum Gasteiger partial charge on any atom is -0.370 e. The molecule has 1 aromatic heterocycles. The molecule has 0 spiro atoms. The minimum absolute atomic E-state index is 0.684. The van der Waals surface area contributed by atoms with Crippen LogP contribution in [-0.2, 0) is 10.8 Å². The summed E-state index contributed by atoms with van der Waals surface area (Å²) in [5, 5.41) is 3.18. The van der Waals surface area contributed by atoms with Gasteiger partial charge in [-0.3, -0.25) is 4.21 Å². The first-order chi connectivity index (χ1) is 7.59. The molecule has 0 fully saturated rings. The highest BCUT2D eigenvalue weighted by Crippen LogP contribution is 2.07. The summed E-state index contributed by atoms with van der Waals surface area (Å²) in [6.45, 7) is 0.781. The molecular weight excluding hydrogens is 224 g/mol. The molecule has 0 aromatic carbocycles. The third-order valence-corrected chi connectivity index (χ3v) is 2.82. The summed E-state index contributed by atoms with van der Waals surface area (Å²) in [7, 11) is 3.09. The molecule has 0 aliphatic carbocycles. The molecule has 1 N–H and O–H groups in total. The fraction of sp³-hybridized carbons (Fsp3) is 0.600. The first-order valence-electron chi connectivity index (χ1n) is 5.14. The number of aromatic nitrogens is 2. The summed E-state index contributed by atoms with van der Waals surface area (Å²) in [6.07, 6.45) is 4.32. The highest BCUT2D eigenvalue weighted by molar-refractivity contribution is 7.84. The van der Waals surface area contributed by atoms with Gasteiger partial charge in [-0.2, -0.15) is 4.98 Å². The van der Waals surface area contributed by atoms with Crippen LogP contribution in [0.1, 0.15) is 6.42 Å². The van der Waals surface area contributed by atoms with E-state index >= 15 is 0 Å². The van der Waals surface area contributed by atoms with E-state index in [1.807, 2.05) is 25.1 Å². The number of hydrogen-bond acceptors (Lipinski definition) is 5. The van der Waals surface area contributed by atoms with Crippen molar-refractivity contribution in [3.8, 4) is 0 Å². The van der Waals surface area contributed by atoms with E-state index in [2.05, 4.69) is 15.3 Å². The van der Waals surface area contributed by atoms with Crippen LogP contribution >= 0.6 is 0 Å². The zero-order valence-electron chi connectivity index (χ0n) is 9.93. The van der Waals surface area contributed by atoms with Gasteiger partial charge in [-0.15, -0.1) is 0 Å². The second-order valence-corrected chi connectivity index (χ2v) is 5.25. The van der Waals surface area contributed by atoms with Crippen LogP contribution in [0.5, 0.6) is 0 Å². The van der Waals surface area contributed by atoms with Crippen LogP contribution in [0.2, 0.25) is 0 Å². The van der Waals surface area contributed by atoms with Crippen LogP contribution in [0.25, 0.3) is 0 Å². The Morgan fingerprint density at radius 1 is 1.50 bits per heavy atom. The molecule has 6 heteroatoms. The highest BCUT2D eigenvalue weighted by Gasteiger charge is 2.00. The number of nitrogens with one attached hydrogen (secondary N) is 1. The fourth-order valence-electron chi connectivity index (χ4n) is 1.15. The molecule has 0 radical (unpaired) electrons. The van der Waals surface area contributed by atoms with Crippen molar-refractivity contribution in [2.75, 3.05) is 42.9 Å². The third-order valence-electron chi connectivity index (χ3n) is 1.96. The lowest BCUT2D eigenvalue weighted by Gasteiger charge is -2.11. The Morgan fingerprint density at radius 3 is 2.88 bits per heavy atom. The molecule has 0 aliphatic rings. The Kier molecular flexibility index (Phi) is 5.18. The van der Waals surface area contributed by atoms with Gasteiger partial charge in [0.05, 0.1) is 0 Å². The van der Waals surface area contributed by atoms with Crippen LogP contribution in [0.4, 0.5) is 11.8 Å². The average Bonchev–Trinajstić information content (AvgIpc) is 2.24. The van der Waals surface area contributed by atoms with E-state index in [1.165, 1.54) is 0 Å². The Morgan fingerprint density at radius 2 is 2.25 bits per heavy atom. The maximum Gasteiger partial charge on any atom is 0.226 e. The van der Waals surface area contributed by atoms with Gasteiger partial charge >= 0.3 is 0 Å². The predicted molar refractivity (Wildman–Crippen MR) is 68.4 cm³/mol. The molecule has 5 nitrogen and oxygen atoms in total. The molecule has 16 heavy (non-hydrogen) atoms. The van der Waals surface area contributed by atoms with Crippen LogP contribution in [0, 0.1) is 0 Å². The Bertz CT molecular complexity index is 356. The molecule has 0 saturated heterocycles. The van der Waals surface area contributed by atoms with E-state index in [0.717, 1.165) is 24.5 Å². The van der Waals surface area contributed by atoms with Crippen LogP contribution in [0.3, 0.4) is 0 Å². The summed E-state index contributed by atoms with van der Waals surface area (Å²) >= 11 is 0. The molecular formula is C10H18N4OS. The van der Waals surface area contributed by atoms with Crippen molar-refractivity contribution in [3.05, 3.63) is 12.3 Å². The summed E-state index contributed by atoms with van der Waals surface area (Å²) < 4.78 is 10.8. The second kappa shape index (κ2) is 6.42. The quantitative estimate of drug-likeness (QED) is 0.745. The summed E-state index contributed by atoms with van der Waals surface area (Å²) in [5.74, 6) is 2.21. The normalized spacial score (nSPS) is 12.2. The number of hydrogen-bond donors (Lipinski definition) is 1. The zero-order chi connectivity index (χ0) is 12.0. The maximum atomic E-state index is 10.8. The van der Waals surface area contributed by atoms with Gasteiger partial charge in [-0.05, 0) is 12.5 Å². The molecule has 0 saturated carbocycles. The molecule has 1 unspecified atom stereocenters. The average molecular weight is 242 g/mol. The van der Waals surface area contributed by atoms with Crippen molar-refractivity contribution < 1.29 is 4.21 Å². The highest BCUT2D eigenvalue weighted by atomic mass is 32.2.